The number of hydrogen-bond acceptors (Lipinski definition) is 8. The highest BCUT2D eigenvalue weighted by Crippen LogP contribution is 2.47. The molecule has 0 aliphatic carbocycles. The zero-order valence-corrected chi connectivity index (χ0v) is 49.5. The molecule has 10 aromatic rings. The number of benzene rings is 8. The molecule has 81 heavy (non-hydrogen) atoms. The summed E-state index contributed by atoms with van der Waals surface area (Å²) in [4.78, 5) is 9.28. The quantitative estimate of drug-likeness (QED) is 0.0925. The highest BCUT2D eigenvalue weighted by atomic mass is 79.9. The zero-order valence-electron chi connectivity index (χ0n) is 47.9. The van der Waals surface area contributed by atoms with E-state index >= 15 is 0 Å². The maximum Gasteiger partial charge on any atom is 0.514 e. The Labute approximate surface area is 488 Å². The molecule has 8 aromatic carbocycles. The highest BCUT2D eigenvalue weighted by Gasteiger charge is 2.64. The highest BCUT2D eigenvalue weighted by molar-refractivity contribution is 9.10. The SMILES string of the molecule is Brc1ccc(-c2c3ccccc3c(-c3ccccc3)c3ccccc23)cn1.C.CC1(C)OB(B2OC(C)(C)C(C)(C)O2)OC1(C)C.CC1(C)OB(c2ccc(-c3c4ccccc4c(-c4ccccc4)c4ccccc34)cn2)OC1(C)C. The fourth-order valence-corrected chi connectivity index (χ4v) is 11.1. The fourth-order valence-electron chi connectivity index (χ4n) is 10.9. The van der Waals surface area contributed by atoms with Crippen molar-refractivity contribution in [1.29, 1.82) is 0 Å². The van der Waals surface area contributed by atoms with Gasteiger partial charge in [-0.2, -0.15) is 0 Å². The molecule has 0 amide bonds. The smallest absolute Gasteiger partial charge is 0.405 e. The van der Waals surface area contributed by atoms with E-state index in [1.807, 2.05) is 79.9 Å². The Morgan fingerprint density at radius 2 is 0.556 bits per heavy atom. The molecule has 2 aromatic heterocycles. The van der Waals surface area contributed by atoms with Gasteiger partial charge in [0, 0.05) is 23.5 Å². The van der Waals surface area contributed by atoms with Crippen LogP contribution in [0.25, 0.3) is 87.6 Å². The topological polar surface area (TPSA) is 81.2 Å². The lowest BCUT2D eigenvalue weighted by molar-refractivity contribution is 0.00578. The second-order valence-corrected chi connectivity index (χ2v) is 24.9. The van der Waals surface area contributed by atoms with E-state index in [1.54, 1.807) is 0 Å². The van der Waals surface area contributed by atoms with Crippen molar-refractivity contribution in [3.8, 4) is 44.5 Å². The lowest BCUT2D eigenvalue weighted by atomic mass is 9.49. The number of nitrogens with zero attached hydrogens (tertiary/aromatic N) is 2. The molecule has 0 atom stereocenters. The Bertz CT molecular complexity index is 3700. The Kier molecular flexibility index (Phi) is 15.7. The van der Waals surface area contributed by atoms with Gasteiger partial charge in [-0.15, -0.1) is 0 Å². The summed E-state index contributed by atoms with van der Waals surface area (Å²) in [6.07, 6.45) is 3.90. The van der Waals surface area contributed by atoms with Gasteiger partial charge in [0.25, 0.3) is 0 Å². The standard InChI is InChI=1S/C31H28BNO2.C25H16BrN.C12H24B2O4.CH4/c1-30(2)31(3,4)35-32(34-30)27-19-18-22(20-33-27)29-25-16-10-8-14-23(25)28(21-12-6-5-7-13-21)24-15-9-11-17-26(24)29;26-23-15-14-18(16-27-23)25-21-12-6-4-10-19(21)24(17-8-2-1-3-9-17)20-11-5-7-13-22(20)25;1-9(2)10(3,4)16-13(15-9)14-17-11(5,6)12(7,8)18-14;/h5-20H,1-4H3;1-16H;1-8H3;1H4. The molecule has 0 radical (unpaired) electrons. The molecule has 5 heterocycles. The molecule has 3 fully saturated rings. The minimum atomic E-state index is -0.476. The molecule has 13 rings (SSSR count). The van der Waals surface area contributed by atoms with Crippen LogP contribution in [0.4, 0.5) is 0 Å². The van der Waals surface area contributed by atoms with Gasteiger partial charge in [-0.3, -0.25) is 4.98 Å². The molecule has 3 aliphatic heterocycles. The number of rotatable bonds is 6. The van der Waals surface area contributed by atoms with Gasteiger partial charge in [0.2, 0.25) is 0 Å². The summed E-state index contributed by atoms with van der Waals surface area (Å²) in [6, 6.07) is 64.3. The molecule has 0 spiro atoms. The van der Waals surface area contributed by atoms with Crippen LogP contribution in [-0.4, -0.2) is 64.7 Å². The van der Waals surface area contributed by atoms with Crippen molar-refractivity contribution >= 4 is 85.7 Å². The summed E-state index contributed by atoms with van der Waals surface area (Å²) in [5.41, 5.74) is 8.23. The zero-order chi connectivity index (χ0) is 56.4. The molecule has 0 unspecified atom stereocenters. The van der Waals surface area contributed by atoms with Crippen LogP contribution in [0, 0.1) is 0 Å². The number of hydrogen-bond donors (Lipinski definition) is 0. The molecule has 12 heteroatoms. The Morgan fingerprint density at radius 1 is 0.296 bits per heavy atom. The minimum absolute atomic E-state index is 0. The Hall–Kier alpha value is -6.47. The maximum absolute atomic E-state index is 6.22. The molecule has 0 bridgehead atoms. The van der Waals surface area contributed by atoms with Gasteiger partial charge in [0.1, 0.15) is 4.60 Å². The number of fused-ring (bicyclic) bond motifs is 4. The summed E-state index contributed by atoms with van der Waals surface area (Å²) >= 11 is 3.45. The van der Waals surface area contributed by atoms with Gasteiger partial charge >= 0.3 is 21.1 Å². The van der Waals surface area contributed by atoms with Crippen LogP contribution in [0.3, 0.4) is 0 Å². The minimum Gasteiger partial charge on any atom is -0.405 e. The van der Waals surface area contributed by atoms with E-state index in [9.17, 15) is 0 Å². The summed E-state index contributed by atoms with van der Waals surface area (Å²) in [5.74, 6) is 0. The molecule has 0 saturated carbocycles. The maximum atomic E-state index is 6.22. The second kappa shape index (κ2) is 22.0. The third-order valence-corrected chi connectivity index (χ3v) is 17.8. The number of aromatic nitrogens is 2. The Balaban J connectivity index is 0.000000143. The van der Waals surface area contributed by atoms with Crippen molar-refractivity contribution in [1.82, 2.24) is 9.97 Å². The first-order valence-electron chi connectivity index (χ1n) is 27.7. The summed E-state index contributed by atoms with van der Waals surface area (Å²) in [6.45, 7) is 24.5. The van der Waals surface area contributed by atoms with Gasteiger partial charge in [-0.05, 0) is 188 Å². The first-order chi connectivity index (χ1) is 38.1. The van der Waals surface area contributed by atoms with Gasteiger partial charge in [-0.1, -0.05) is 177 Å². The summed E-state index contributed by atoms with van der Waals surface area (Å²) in [5, 5.41) is 9.94. The summed E-state index contributed by atoms with van der Waals surface area (Å²) < 4.78 is 37.1. The van der Waals surface area contributed by atoms with E-state index < -0.39 is 32.3 Å². The van der Waals surface area contributed by atoms with E-state index in [4.69, 9.17) is 32.9 Å². The average molecular weight is 1140 g/mol. The van der Waals surface area contributed by atoms with Crippen LogP contribution in [0.15, 0.2) is 199 Å². The van der Waals surface area contributed by atoms with Crippen molar-refractivity contribution in [3.05, 3.63) is 199 Å². The third kappa shape index (κ3) is 10.8. The lowest BCUT2D eigenvalue weighted by Gasteiger charge is -2.32. The van der Waals surface area contributed by atoms with Crippen molar-refractivity contribution in [2.45, 2.75) is 124 Å². The second-order valence-electron chi connectivity index (χ2n) is 24.1. The van der Waals surface area contributed by atoms with E-state index in [1.165, 1.54) is 76.5 Å². The molecule has 3 saturated heterocycles. The van der Waals surface area contributed by atoms with Gasteiger partial charge < -0.3 is 27.9 Å². The predicted molar refractivity (Wildman–Crippen MR) is 343 cm³/mol. The normalized spacial score (nSPS) is 18.1. The average Bonchev–Trinajstić information content (AvgIpc) is 3.36. The Morgan fingerprint density at radius 3 is 0.827 bits per heavy atom. The van der Waals surface area contributed by atoms with Crippen molar-refractivity contribution in [2.24, 2.45) is 0 Å². The van der Waals surface area contributed by atoms with Crippen molar-refractivity contribution in [3.63, 3.8) is 0 Å². The van der Waals surface area contributed by atoms with E-state index in [0.717, 1.165) is 21.3 Å². The summed E-state index contributed by atoms with van der Waals surface area (Å²) in [7, 11) is -1.42. The van der Waals surface area contributed by atoms with Gasteiger partial charge in [0.15, 0.2) is 0 Å². The van der Waals surface area contributed by atoms with Crippen LogP contribution in [0.1, 0.15) is 90.5 Å². The lowest BCUT2D eigenvalue weighted by Crippen LogP contribution is -2.41. The number of pyridine rings is 2. The predicted octanol–water partition coefficient (Wildman–Crippen LogP) is 17.4. The van der Waals surface area contributed by atoms with Crippen LogP contribution >= 0.6 is 15.9 Å². The molecule has 8 nitrogen and oxygen atoms in total. The molecular formula is C69H72B3BrN2O6. The van der Waals surface area contributed by atoms with Crippen LogP contribution < -0.4 is 5.59 Å². The molecule has 3 aliphatic rings. The van der Waals surface area contributed by atoms with Crippen LogP contribution in [0.2, 0.25) is 0 Å². The van der Waals surface area contributed by atoms with Crippen molar-refractivity contribution in [2.75, 3.05) is 0 Å². The third-order valence-electron chi connectivity index (χ3n) is 17.3. The van der Waals surface area contributed by atoms with Crippen molar-refractivity contribution < 1.29 is 27.9 Å². The van der Waals surface area contributed by atoms with Crippen LogP contribution in [0.5, 0.6) is 0 Å². The van der Waals surface area contributed by atoms with Crippen LogP contribution in [-0.2, 0) is 27.9 Å². The molecule has 410 valence electrons. The first-order valence-corrected chi connectivity index (χ1v) is 28.5. The van der Waals surface area contributed by atoms with E-state index in [0.29, 0.717) is 0 Å². The number of halogens is 1. The fraction of sp³-hybridized carbons (Fsp3) is 0.275. The van der Waals surface area contributed by atoms with E-state index in [-0.39, 0.29) is 29.8 Å². The largest absolute Gasteiger partial charge is 0.514 e. The van der Waals surface area contributed by atoms with Gasteiger partial charge in [0.05, 0.1) is 39.2 Å². The molecular weight excluding hydrogens is 1070 g/mol. The van der Waals surface area contributed by atoms with E-state index in [2.05, 4.69) is 218 Å². The van der Waals surface area contributed by atoms with Gasteiger partial charge in [-0.25, -0.2) is 4.98 Å². The monoisotopic (exact) mass is 1140 g/mol. The first kappa shape index (κ1) is 57.8. The molecule has 0 N–H and O–H groups in total.